The Morgan fingerprint density at radius 1 is 1.09 bits per heavy atom. The number of fused-ring (bicyclic) bond motifs is 1. The third kappa shape index (κ3) is 4.81. The van der Waals surface area contributed by atoms with Gasteiger partial charge in [0.1, 0.15) is 17.3 Å². The first-order chi connectivity index (χ1) is 17.2. The first-order valence-electron chi connectivity index (χ1n) is 11.5. The van der Waals surface area contributed by atoms with E-state index in [1.54, 1.807) is 31.6 Å². The summed E-state index contributed by atoms with van der Waals surface area (Å²) in [7, 11) is 3.01. The summed E-state index contributed by atoms with van der Waals surface area (Å²) in [6, 6.07) is 13.5. The molecule has 1 saturated heterocycles. The highest BCUT2D eigenvalue weighted by atomic mass is 16.5. The quantitative estimate of drug-likeness (QED) is 0.403. The summed E-state index contributed by atoms with van der Waals surface area (Å²) in [5.41, 5.74) is 3.65. The van der Waals surface area contributed by atoms with Gasteiger partial charge in [-0.1, -0.05) is 12.1 Å². The molecule has 0 saturated carbocycles. The van der Waals surface area contributed by atoms with Gasteiger partial charge in [-0.3, -0.25) is 9.67 Å². The van der Waals surface area contributed by atoms with E-state index in [1.165, 1.54) is 7.11 Å². The van der Waals surface area contributed by atoms with E-state index in [2.05, 4.69) is 15.3 Å². The number of anilines is 1. The van der Waals surface area contributed by atoms with Crippen molar-refractivity contribution in [3.8, 4) is 17.1 Å². The molecule has 9 heteroatoms. The second-order valence-corrected chi connectivity index (χ2v) is 8.36. The molecule has 0 radical (unpaired) electrons. The fraction of sp³-hybridized carbons (Fsp3) is 0.308. The van der Waals surface area contributed by atoms with Crippen LogP contribution in [0.2, 0.25) is 0 Å². The molecule has 4 aromatic rings. The number of esters is 1. The monoisotopic (exact) mass is 473 g/mol. The van der Waals surface area contributed by atoms with Crippen LogP contribution in [0.15, 0.2) is 54.9 Å². The first kappa shape index (κ1) is 22.8. The molecule has 0 unspecified atom stereocenters. The van der Waals surface area contributed by atoms with E-state index in [4.69, 9.17) is 19.3 Å². The zero-order valence-electron chi connectivity index (χ0n) is 19.7. The average molecular weight is 474 g/mol. The average Bonchev–Trinajstić information content (AvgIpc) is 3.28. The fourth-order valence-electron chi connectivity index (χ4n) is 4.28. The highest BCUT2D eigenvalue weighted by Crippen LogP contribution is 2.33. The fourth-order valence-corrected chi connectivity index (χ4v) is 4.28. The molecule has 1 aromatic carbocycles. The van der Waals surface area contributed by atoms with Gasteiger partial charge in [-0.25, -0.2) is 9.78 Å². The van der Waals surface area contributed by atoms with Crippen LogP contribution >= 0.6 is 0 Å². The van der Waals surface area contributed by atoms with Crippen LogP contribution < -0.4 is 10.1 Å². The maximum Gasteiger partial charge on any atom is 0.337 e. The number of carbonyl (C=O) groups is 1. The molecule has 3 aromatic heterocycles. The molecule has 5 rings (SSSR count). The summed E-state index contributed by atoms with van der Waals surface area (Å²) in [4.78, 5) is 21.4. The minimum Gasteiger partial charge on any atom is -0.497 e. The van der Waals surface area contributed by atoms with Crippen LogP contribution in [-0.2, 0) is 16.0 Å². The van der Waals surface area contributed by atoms with Crippen LogP contribution in [0.1, 0.15) is 28.8 Å². The lowest BCUT2D eigenvalue weighted by Gasteiger charge is -2.24. The lowest BCUT2D eigenvalue weighted by Crippen LogP contribution is -2.28. The van der Waals surface area contributed by atoms with E-state index in [1.807, 2.05) is 35.0 Å². The van der Waals surface area contributed by atoms with E-state index in [0.717, 1.165) is 54.1 Å². The van der Waals surface area contributed by atoms with E-state index >= 15 is 0 Å². The smallest absolute Gasteiger partial charge is 0.337 e. The van der Waals surface area contributed by atoms with Gasteiger partial charge in [0, 0.05) is 31.6 Å². The summed E-state index contributed by atoms with van der Waals surface area (Å²) >= 11 is 0. The van der Waals surface area contributed by atoms with Crippen LogP contribution in [0.4, 0.5) is 5.82 Å². The lowest BCUT2D eigenvalue weighted by atomic mass is 10.1. The van der Waals surface area contributed by atoms with Crippen molar-refractivity contribution in [1.82, 2.24) is 19.7 Å². The van der Waals surface area contributed by atoms with Gasteiger partial charge in [-0.2, -0.15) is 5.10 Å². The molecule has 0 bridgehead atoms. The Morgan fingerprint density at radius 3 is 2.60 bits per heavy atom. The second kappa shape index (κ2) is 10.1. The summed E-state index contributed by atoms with van der Waals surface area (Å²) < 4.78 is 17.6. The molecule has 1 fully saturated rings. The molecule has 0 spiro atoms. The van der Waals surface area contributed by atoms with Gasteiger partial charge in [0.25, 0.3) is 0 Å². The molecule has 35 heavy (non-hydrogen) atoms. The van der Waals surface area contributed by atoms with Gasteiger partial charge in [0.15, 0.2) is 0 Å². The van der Waals surface area contributed by atoms with Crippen molar-refractivity contribution < 1.29 is 19.0 Å². The van der Waals surface area contributed by atoms with Crippen LogP contribution in [0.3, 0.4) is 0 Å². The van der Waals surface area contributed by atoms with Gasteiger partial charge in [0.05, 0.1) is 42.9 Å². The summed E-state index contributed by atoms with van der Waals surface area (Å²) in [5, 5.41) is 9.40. The summed E-state index contributed by atoms with van der Waals surface area (Å²) in [5.74, 6) is 1.13. The minimum absolute atomic E-state index is 0.258. The number of aromatic nitrogens is 4. The van der Waals surface area contributed by atoms with Crippen molar-refractivity contribution in [3.63, 3.8) is 0 Å². The molecule has 9 nitrogen and oxygen atoms in total. The predicted octanol–water partition coefficient (Wildman–Crippen LogP) is 3.93. The number of methoxy groups -OCH3 is 2. The molecule has 1 aliphatic heterocycles. The van der Waals surface area contributed by atoms with E-state index in [0.29, 0.717) is 23.5 Å². The molecule has 0 aliphatic carbocycles. The molecule has 1 aliphatic rings. The molecule has 180 valence electrons. The Hall–Kier alpha value is -3.98. The van der Waals surface area contributed by atoms with Crippen molar-refractivity contribution in [2.24, 2.45) is 0 Å². The van der Waals surface area contributed by atoms with Crippen molar-refractivity contribution in [2.75, 3.05) is 32.8 Å². The summed E-state index contributed by atoms with van der Waals surface area (Å²) in [6.07, 6.45) is 5.20. The van der Waals surface area contributed by atoms with Crippen LogP contribution in [0, 0.1) is 0 Å². The van der Waals surface area contributed by atoms with Crippen molar-refractivity contribution in [1.29, 1.82) is 0 Å². The largest absolute Gasteiger partial charge is 0.497 e. The van der Waals surface area contributed by atoms with Crippen LogP contribution in [0.25, 0.3) is 22.3 Å². The highest BCUT2D eigenvalue weighted by molar-refractivity contribution is 6.01. The van der Waals surface area contributed by atoms with Gasteiger partial charge >= 0.3 is 5.97 Å². The third-order valence-electron chi connectivity index (χ3n) is 6.14. The number of carbonyl (C=O) groups excluding carboxylic acids is 1. The number of hydrogen-bond donors (Lipinski definition) is 1. The van der Waals surface area contributed by atoms with E-state index in [-0.39, 0.29) is 6.04 Å². The number of pyridine rings is 2. The number of benzene rings is 1. The SMILES string of the molecule is COC(=O)c1ccnc(-c2nn(Cc3ccc(OC)cc3)c3ccnc(NC4CCOCC4)c23)c1. The Morgan fingerprint density at radius 2 is 1.86 bits per heavy atom. The predicted molar refractivity (Wildman–Crippen MR) is 132 cm³/mol. The number of nitrogens with one attached hydrogen (secondary N) is 1. The van der Waals surface area contributed by atoms with Gasteiger partial charge < -0.3 is 19.5 Å². The van der Waals surface area contributed by atoms with Crippen molar-refractivity contribution >= 4 is 22.7 Å². The molecular weight excluding hydrogens is 446 g/mol. The Labute approximate surface area is 203 Å². The molecule has 4 heterocycles. The lowest BCUT2D eigenvalue weighted by molar-refractivity contribution is 0.0600. The van der Waals surface area contributed by atoms with Gasteiger partial charge in [-0.05, 0) is 48.7 Å². The Balaban J connectivity index is 1.61. The second-order valence-electron chi connectivity index (χ2n) is 8.36. The van der Waals surface area contributed by atoms with Crippen molar-refractivity contribution in [2.45, 2.75) is 25.4 Å². The first-order valence-corrected chi connectivity index (χ1v) is 11.5. The van der Waals surface area contributed by atoms with Crippen molar-refractivity contribution in [3.05, 3.63) is 66.0 Å². The highest BCUT2D eigenvalue weighted by Gasteiger charge is 2.22. The number of hydrogen-bond acceptors (Lipinski definition) is 8. The molecule has 1 N–H and O–H groups in total. The molecule has 0 atom stereocenters. The van der Waals surface area contributed by atoms with Gasteiger partial charge in [0.2, 0.25) is 0 Å². The Bertz CT molecular complexity index is 1330. The topological polar surface area (TPSA) is 100 Å². The minimum atomic E-state index is -0.422. The van der Waals surface area contributed by atoms with Crippen LogP contribution in [-0.4, -0.2) is 59.2 Å². The van der Waals surface area contributed by atoms with E-state index in [9.17, 15) is 4.79 Å². The standard InChI is InChI=1S/C26H27N5O4/c1-33-20-5-3-17(4-6-20)16-31-22-8-12-28-25(29-19-9-13-35-14-10-19)23(22)24(30-31)21-15-18(7-11-27-21)26(32)34-2/h3-8,11-12,15,19H,9-10,13-14,16H2,1-2H3,(H,28,29). The Kier molecular flexibility index (Phi) is 6.58. The third-order valence-corrected chi connectivity index (χ3v) is 6.14. The maximum atomic E-state index is 12.2. The number of ether oxygens (including phenoxy) is 3. The molecular formula is C26H27N5O4. The molecule has 0 amide bonds. The van der Waals surface area contributed by atoms with Crippen LogP contribution in [0.5, 0.6) is 5.75 Å². The summed E-state index contributed by atoms with van der Waals surface area (Å²) in [6.45, 7) is 2.00. The van der Waals surface area contributed by atoms with Gasteiger partial charge in [-0.15, -0.1) is 0 Å². The number of rotatable bonds is 7. The zero-order valence-corrected chi connectivity index (χ0v) is 19.7. The van der Waals surface area contributed by atoms with E-state index < -0.39 is 5.97 Å². The maximum absolute atomic E-state index is 12.2. The zero-order chi connectivity index (χ0) is 24.2. The number of nitrogens with zero attached hydrogens (tertiary/aromatic N) is 4. The normalized spacial score (nSPS) is 14.1.